The number of carbonyl (C=O) groups excluding carboxylic acids is 1. The second kappa shape index (κ2) is 8.58. The molecule has 26 heavy (non-hydrogen) atoms. The van der Waals surface area contributed by atoms with Crippen molar-refractivity contribution in [1.29, 1.82) is 0 Å². The van der Waals surface area contributed by atoms with E-state index in [1.54, 1.807) is 28.4 Å². The molecule has 1 aromatic heterocycles. The van der Waals surface area contributed by atoms with Crippen molar-refractivity contribution >= 4 is 23.3 Å². The lowest BCUT2D eigenvalue weighted by atomic mass is 10.1. The maximum atomic E-state index is 12.3. The topological polar surface area (TPSA) is 64.0 Å². The molecule has 1 fully saturated rings. The van der Waals surface area contributed by atoms with E-state index in [0.29, 0.717) is 18.7 Å². The quantitative estimate of drug-likeness (QED) is 0.794. The van der Waals surface area contributed by atoms with Crippen LogP contribution >= 0.6 is 11.3 Å². The zero-order valence-electron chi connectivity index (χ0n) is 14.4. The summed E-state index contributed by atoms with van der Waals surface area (Å²) in [5.74, 6) is -0.122. The fourth-order valence-corrected chi connectivity index (χ4v) is 3.46. The Hall–Kier alpha value is -2.73. The molecule has 0 atom stereocenters. The van der Waals surface area contributed by atoms with Gasteiger partial charge in [0.2, 0.25) is 5.91 Å². The molecule has 1 saturated heterocycles. The van der Waals surface area contributed by atoms with E-state index in [4.69, 9.17) is 0 Å². The van der Waals surface area contributed by atoms with E-state index in [0.717, 1.165) is 19.5 Å². The van der Waals surface area contributed by atoms with Gasteiger partial charge in [-0.1, -0.05) is 12.1 Å². The molecule has 3 rings (SSSR count). The van der Waals surface area contributed by atoms with Crippen molar-refractivity contribution in [2.75, 3.05) is 26.2 Å². The molecular weight excluding hydrogens is 348 g/mol. The van der Waals surface area contributed by atoms with Gasteiger partial charge in [-0.2, -0.15) is 0 Å². The molecular formula is C20H22N2O3S. The predicted octanol–water partition coefficient (Wildman–Crippen LogP) is 3.07. The summed E-state index contributed by atoms with van der Waals surface area (Å²) >= 11 is 1.76. The van der Waals surface area contributed by atoms with E-state index in [-0.39, 0.29) is 17.4 Å². The zero-order chi connectivity index (χ0) is 18.4. The number of phenolic OH excluding ortho intramolecular Hbond substituents is 2. The van der Waals surface area contributed by atoms with Crippen LogP contribution in [0.5, 0.6) is 11.5 Å². The van der Waals surface area contributed by atoms with Crippen molar-refractivity contribution in [3.63, 3.8) is 0 Å². The summed E-state index contributed by atoms with van der Waals surface area (Å²) < 4.78 is 0. The van der Waals surface area contributed by atoms with Crippen LogP contribution in [-0.2, 0) is 11.2 Å². The number of thiophene rings is 1. The van der Waals surface area contributed by atoms with E-state index in [1.807, 2.05) is 0 Å². The van der Waals surface area contributed by atoms with Gasteiger partial charge in [0.15, 0.2) is 0 Å². The van der Waals surface area contributed by atoms with Gasteiger partial charge in [0, 0.05) is 55.2 Å². The number of aromatic hydroxyl groups is 2. The van der Waals surface area contributed by atoms with E-state index >= 15 is 0 Å². The number of phenols is 2. The minimum Gasteiger partial charge on any atom is -0.508 e. The Morgan fingerprint density at radius 2 is 1.96 bits per heavy atom. The number of allylic oxidation sites excluding steroid dienone is 1. The molecule has 1 aliphatic heterocycles. The Labute approximate surface area is 157 Å². The van der Waals surface area contributed by atoms with Gasteiger partial charge >= 0.3 is 0 Å². The summed E-state index contributed by atoms with van der Waals surface area (Å²) in [6, 6.07) is 8.49. The minimum absolute atomic E-state index is 0.00534. The first-order valence-corrected chi connectivity index (χ1v) is 9.42. The number of piperazine rings is 1. The summed E-state index contributed by atoms with van der Waals surface area (Å²) in [4.78, 5) is 17.7. The zero-order valence-corrected chi connectivity index (χ0v) is 15.2. The van der Waals surface area contributed by atoms with Gasteiger partial charge in [-0.3, -0.25) is 4.79 Å². The molecule has 0 aliphatic carbocycles. The molecule has 0 radical (unpaired) electrons. The fraction of sp³-hybridized carbons (Fsp3) is 0.250. The van der Waals surface area contributed by atoms with Crippen molar-refractivity contribution in [1.82, 2.24) is 9.80 Å². The third-order valence-electron chi connectivity index (χ3n) is 4.26. The second-order valence-corrected chi connectivity index (χ2v) is 7.14. The van der Waals surface area contributed by atoms with Crippen LogP contribution in [0.2, 0.25) is 0 Å². The van der Waals surface area contributed by atoms with E-state index in [1.165, 1.54) is 23.1 Å². The van der Waals surface area contributed by atoms with Crippen LogP contribution in [0.25, 0.3) is 6.08 Å². The van der Waals surface area contributed by atoms with E-state index in [9.17, 15) is 15.0 Å². The first-order chi connectivity index (χ1) is 12.6. The van der Waals surface area contributed by atoms with Crippen molar-refractivity contribution in [3.05, 3.63) is 64.5 Å². The SMILES string of the molecule is O=C(/C=C/c1ccc(O)cc1O)N1CCN(/C=C/Cc2cccs2)CC1. The maximum absolute atomic E-state index is 12.3. The largest absolute Gasteiger partial charge is 0.508 e. The van der Waals surface area contributed by atoms with Gasteiger partial charge in [-0.15, -0.1) is 11.3 Å². The second-order valence-electron chi connectivity index (χ2n) is 6.11. The highest BCUT2D eigenvalue weighted by atomic mass is 32.1. The smallest absolute Gasteiger partial charge is 0.246 e. The first kappa shape index (κ1) is 18.1. The molecule has 2 heterocycles. The molecule has 1 aliphatic rings. The molecule has 1 aromatic carbocycles. The van der Waals surface area contributed by atoms with Crippen LogP contribution in [-0.4, -0.2) is 52.1 Å². The third-order valence-corrected chi connectivity index (χ3v) is 5.16. The van der Waals surface area contributed by atoms with Crippen molar-refractivity contribution in [3.8, 4) is 11.5 Å². The number of rotatable bonds is 5. The van der Waals surface area contributed by atoms with Crippen molar-refractivity contribution in [2.24, 2.45) is 0 Å². The highest BCUT2D eigenvalue weighted by Crippen LogP contribution is 2.23. The van der Waals surface area contributed by atoms with Crippen LogP contribution < -0.4 is 0 Å². The normalized spacial score (nSPS) is 15.2. The molecule has 6 heteroatoms. The average Bonchev–Trinajstić information content (AvgIpc) is 3.15. The van der Waals surface area contributed by atoms with Crippen molar-refractivity contribution < 1.29 is 15.0 Å². The summed E-state index contributed by atoms with van der Waals surface area (Å²) in [5.41, 5.74) is 0.506. The van der Waals surface area contributed by atoms with E-state index in [2.05, 4.69) is 34.7 Å². The van der Waals surface area contributed by atoms with Gasteiger partial charge in [-0.05, 0) is 35.9 Å². The average molecular weight is 370 g/mol. The predicted molar refractivity (Wildman–Crippen MR) is 104 cm³/mol. The molecule has 0 unspecified atom stereocenters. The molecule has 136 valence electrons. The number of nitrogens with zero attached hydrogens (tertiary/aromatic N) is 2. The number of hydrogen-bond donors (Lipinski definition) is 2. The third kappa shape index (κ3) is 4.89. The summed E-state index contributed by atoms with van der Waals surface area (Å²) in [6.45, 7) is 2.97. The molecule has 0 spiro atoms. The summed E-state index contributed by atoms with van der Waals surface area (Å²) in [6.07, 6.45) is 8.26. The highest BCUT2D eigenvalue weighted by Gasteiger charge is 2.17. The maximum Gasteiger partial charge on any atom is 0.246 e. The Morgan fingerprint density at radius 3 is 2.65 bits per heavy atom. The molecule has 0 saturated carbocycles. The van der Waals surface area contributed by atoms with E-state index < -0.39 is 0 Å². The minimum atomic E-state index is -0.0697. The Kier molecular flexibility index (Phi) is 5.96. The van der Waals surface area contributed by atoms with Crippen LogP contribution in [0.3, 0.4) is 0 Å². The lowest BCUT2D eigenvalue weighted by molar-refractivity contribution is -0.127. The number of hydrogen-bond acceptors (Lipinski definition) is 5. The number of benzene rings is 1. The van der Waals surface area contributed by atoms with Gasteiger partial charge < -0.3 is 20.0 Å². The van der Waals surface area contributed by atoms with Crippen LogP contribution in [0.15, 0.2) is 54.1 Å². The lowest BCUT2D eigenvalue weighted by Gasteiger charge is -2.33. The summed E-state index contributed by atoms with van der Waals surface area (Å²) in [7, 11) is 0. The molecule has 2 aromatic rings. The van der Waals surface area contributed by atoms with Gasteiger partial charge in [-0.25, -0.2) is 0 Å². The summed E-state index contributed by atoms with van der Waals surface area (Å²) in [5, 5.41) is 21.1. The molecule has 2 N–H and O–H groups in total. The van der Waals surface area contributed by atoms with Crippen LogP contribution in [0, 0.1) is 0 Å². The van der Waals surface area contributed by atoms with Crippen molar-refractivity contribution in [2.45, 2.75) is 6.42 Å². The Morgan fingerprint density at radius 1 is 1.15 bits per heavy atom. The fourth-order valence-electron chi connectivity index (χ4n) is 2.78. The monoisotopic (exact) mass is 370 g/mol. The van der Waals surface area contributed by atoms with Crippen LogP contribution in [0.4, 0.5) is 0 Å². The van der Waals surface area contributed by atoms with Crippen LogP contribution in [0.1, 0.15) is 10.4 Å². The van der Waals surface area contributed by atoms with Gasteiger partial charge in [0.05, 0.1) is 0 Å². The molecule has 1 amide bonds. The first-order valence-electron chi connectivity index (χ1n) is 8.54. The lowest BCUT2D eigenvalue weighted by Crippen LogP contribution is -2.46. The Balaban J connectivity index is 1.47. The Bertz CT molecular complexity index is 791. The molecule has 0 bridgehead atoms. The standard InChI is InChI=1S/C20H22N2O3S/c23-17-7-5-16(19(24)15-17)6-8-20(25)22-12-10-21(11-13-22)9-1-3-18-4-2-14-26-18/h1-2,4-9,14-15,23-24H,3,10-13H2/b8-6+,9-1+. The number of carbonyl (C=O) groups is 1. The van der Waals surface area contributed by atoms with Gasteiger partial charge in [0.1, 0.15) is 11.5 Å². The highest BCUT2D eigenvalue weighted by molar-refractivity contribution is 7.09. The molecule has 5 nitrogen and oxygen atoms in total. The number of amides is 1. The van der Waals surface area contributed by atoms with Gasteiger partial charge in [0.25, 0.3) is 0 Å².